The van der Waals surface area contributed by atoms with Gasteiger partial charge in [0, 0.05) is 36.8 Å². The van der Waals surface area contributed by atoms with Crippen molar-refractivity contribution < 1.29 is 28.5 Å². The van der Waals surface area contributed by atoms with E-state index in [-0.39, 0.29) is 18.9 Å². The summed E-state index contributed by atoms with van der Waals surface area (Å²) in [5.74, 6) is 1.07. The van der Waals surface area contributed by atoms with Gasteiger partial charge in [-0.3, -0.25) is 14.6 Å². The summed E-state index contributed by atoms with van der Waals surface area (Å²) in [6, 6.07) is 18.9. The van der Waals surface area contributed by atoms with Crippen LogP contribution in [-0.4, -0.2) is 44.2 Å². The number of benzene rings is 3. The van der Waals surface area contributed by atoms with Crippen molar-refractivity contribution in [2.45, 2.75) is 6.42 Å². The van der Waals surface area contributed by atoms with Crippen LogP contribution in [0.4, 0.5) is 0 Å². The molecule has 0 radical (unpaired) electrons. The van der Waals surface area contributed by atoms with Gasteiger partial charge in [0.2, 0.25) is 0 Å². The van der Waals surface area contributed by atoms with Gasteiger partial charge < -0.3 is 24.3 Å². The van der Waals surface area contributed by atoms with Crippen LogP contribution in [0.15, 0.2) is 72.9 Å². The Bertz CT molecular complexity index is 1410. The van der Waals surface area contributed by atoms with Crippen LogP contribution >= 0.6 is 11.6 Å². The first-order valence-corrected chi connectivity index (χ1v) is 11.8. The monoisotopic (exact) mass is 520 g/mol. The van der Waals surface area contributed by atoms with Crippen LogP contribution in [0.3, 0.4) is 0 Å². The predicted octanol–water partition coefficient (Wildman–Crippen LogP) is 5.21. The molecular weight excluding hydrogens is 496 g/mol. The standard InChI is InChI=1S/C28H25ClN2O6/c1-30-28(33)22-16-21-24(17-26(22)35-13-12-34-2)31-11-10-25(21)36-20-9-8-18(23(29)15-20)14-27(32)37-19-6-4-3-5-7-19/h3-11,15-17H,12-14H2,1-2H3,(H,30,33). The van der Waals surface area contributed by atoms with Crippen LogP contribution in [0.1, 0.15) is 15.9 Å². The van der Waals surface area contributed by atoms with E-state index in [4.69, 9.17) is 30.5 Å². The molecule has 1 amide bonds. The average Bonchev–Trinajstić information content (AvgIpc) is 2.90. The van der Waals surface area contributed by atoms with Gasteiger partial charge in [-0.15, -0.1) is 0 Å². The molecule has 8 nitrogen and oxygen atoms in total. The maximum atomic E-state index is 12.5. The third kappa shape index (κ3) is 6.55. The molecule has 0 bridgehead atoms. The van der Waals surface area contributed by atoms with E-state index < -0.39 is 5.97 Å². The third-order valence-corrected chi connectivity index (χ3v) is 5.73. The SMILES string of the molecule is CNC(=O)c1cc2c(Oc3ccc(CC(=O)Oc4ccccc4)c(Cl)c3)ccnc2cc1OCCOC. The highest BCUT2D eigenvalue weighted by atomic mass is 35.5. The molecule has 4 rings (SSSR count). The zero-order valence-corrected chi connectivity index (χ0v) is 21.1. The van der Waals surface area contributed by atoms with Crippen LogP contribution in [0, 0.1) is 0 Å². The second kappa shape index (κ2) is 12.2. The molecule has 3 aromatic carbocycles. The van der Waals surface area contributed by atoms with E-state index in [1.54, 1.807) is 81.0 Å². The maximum absolute atomic E-state index is 12.5. The van der Waals surface area contributed by atoms with E-state index in [0.29, 0.717) is 56.7 Å². The Morgan fingerprint density at radius 1 is 0.946 bits per heavy atom. The molecule has 0 fully saturated rings. The Labute approximate surface area is 219 Å². The zero-order chi connectivity index (χ0) is 26.2. The first-order valence-electron chi connectivity index (χ1n) is 11.5. The topological polar surface area (TPSA) is 96.0 Å². The number of ether oxygens (including phenoxy) is 4. The Morgan fingerprint density at radius 2 is 1.76 bits per heavy atom. The Kier molecular flexibility index (Phi) is 8.56. The van der Waals surface area contributed by atoms with Crippen LogP contribution in [-0.2, 0) is 16.0 Å². The molecule has 1 aromatic heterocycles. The third-order valence-electron chi connectivity index (χ3n) is 5.38. The van der Waals surface area contributed by atoms with E-state index in [0.717, 1.165) is 0 Å². The maximum Gasteiger partial charge on any atom is 0.315 e. The van der Waals surface area contributed by atoms with Gasteiger partial charge in [0.15, 0.2) is 0 Å². The summed E-state index contributed by atoms with van der Waals surface area (Å²) in [6.45, 7) is 0.661. The normalized spacial score (nSPS) is 10.7. The number of nitrogens with zero attached hydrogens (tertiary/aromatic N) is 1. The Morgan fingerprint density at radius 3 is 2.49 bits per heavy atom. The number of hydrogen-bond acceptors (Lipinski definition) is 7. The highest BCUT2D eigenvalue weighted by Crippen LogP contribution is 2.34. The van der Waals surface area contributed by atoms with Crippen molar-refractivity contribution in [3.63, 3.8) is 0 Å². The Hall–Kier alpha value is -4.14. The number of rotatable bonds is 10. The summed E-state index contributed by atoms with van der Waals surface area (Å²) in [5.41, 5.74) is 1.53. The van der Waals surface area contributed by atoms with Gasteiger partial charge in [-0.25, -0.2) is 0 Å². The van der Waals surface area contributed by atoms with Gasteiger partial charge >= 0.3 is 5.97 Å². The van der Waals surface area contributed by atoms with Crippen molar-refractivity contribution >= 4 is 34.4 Å². The Balaban J connectivity index is 1.56. The number of esters is 1. The van der Waals surface area contributed by atoms with Gasteiger partial charge in [-0.2, -0.15) is 0 Å². The van der Waals surface area contributed by atoms with E-state index in [1.807, 2.05) is 6.07 Å². The second-order valence-electron chi connectivity index (χ2n) is 7.91. The number of carbonyl (C=O) groups excluding carboxylic acids is 2. The fourth-order valence-electron chi connectivity index (χ4n) is 3.58. The van der Waals surface area contributed by atoms with Gasteiger partial charge in [-0.05, 0) is 42.0 Å². The minimum absolute atomic E-state index is 0.00747. The smallest absolute Gasteiger partial charge is 0.315 e. The number of hydrogen-bond donors (Lipinski definition) is 1. The van der Waals surface area contributed by atoms with Crippen LogP contribution in [0.25, 0.3) is 10.9 Å². The number of aromatic nitrogens is 1. The van der Waals surface area contributed by atoms with E-state index >= 15 is 0 Å². The summed E-state index contributed by atoms with van der Waals surface area (Å²) < 4.78 is 22.2. The minimum atomic E-state index is -0.424. The molecule has 1 heterocycles. The van der Waals surface area contributed by atoms with E-state index in [9.17, 15) is 9.59 Å². The van der Waals surface area contributed by atoms with Gasteiger partial charge in [-0.1, -0.05) is 35.9 Å². The second-order valence-corrected chi connectivity index (χ2v) is 8.32. The molecule has 190 valence electrons. The molecule has 0 saturated heterocycles. The van der Waals surface area contributed by atoms with Crippen molar-refractivity contribution in [3.05, 3.63) is 89.1 Å². The van der Waals surface area contributed by atoms with Gasteiger partial charge in [0.1, 0.15) is 29.6 Å². The molecule has 0 spiro atoms. The van der Waals surface area contributed by atoms with Crippen LogP contribution < -0.4 is 19.5 Å². The lowest BCUT2D eigenvalue weighted by Gasteiger charge is -2.14. The summed E-state index contributed by atoms with van der Waals surface area (Å²) in [7, 11) is 3.12. The fourth-order valence-corrected chi connectivity index (χ4v) is 3.81. The van der Waals surface area contributed by atoms with Crippen LogP contribution in [0.2, 0.25) is 5.02 Å². The first-order chi connectivity index (χ1) is 18.0. The molecule has 1 N–H and O–H groups in total. The molecule has 0 aliphatic heterocycles. The first kappa shape index (κ1) is 25.9. The molecule has 0 atom stereocenters. The zero-order valence-electron chi connectivity index (χ0n) is 20.3. The van der Waals surface area contributed by atoms with Crippen molar-refractivity contribution in [1.82, 2.24) is 10.3 Å². The largest absolute Gasteiger partial charge is 0.490 e. The molecule has 37 heavy (non-hydrogen) atoms. The van der Waals surface area contributed by atoms with Crippen molar-refractivity contribution in [2.24, 2.45) is 0 Å². The molecule has 0 aliphatic rings. The lowest BCUT2D eigenvalue weighted by Crippen LogP contribution is -2.19. The predicted molar refractivity (Wildman–Crippen MR) is 140 cm³/mol. The van der Waals surface area contributed by atoms with E-state index in [1.165, 1.54) is 0 Å². The number of carbonyl (C=O) groups is 2. The van der Waals surface area contributed by atoms with Gasteiger partial charge in [0.25, 0.3) is 5.91 Å². The summed E-state index contributed by atoms with van der Waals surface area (Å²) in [4.78, 5) is 29.2. The molecule has 0 aliphatic carbocycles. The number of amides is 1. The fraction of sp³-hybridized carbons (Fsp3) is 0.179. The average molecular weight is 521 g/mol. The van der Waals surface area contributed by atoms with Gasteiger partial charge in [0.05, 0.1) is 24.1 Å². The summed E-state index contributed by atoms with van der Waals surface area (Å²) >= 11 is 6.45. The molecule has 9 heteroatoms. The van der Waals surface area contributed by atoms with Crippen molar-refractivity contribution in [1.29, 1.82) is 0 Å². The molecular formula is C28H25ClN2O6. The quantitative estimate of drug-likeness (QED) is 0.174. The van der Waals surface area contributed by atoms with Crippen LogP contribution in [0.5, 0.6) is 23.0 Å². The lowest BCUT2D eigenvalue weighted by atomic mass is 10.1. The molecule has 0 saturated carbocycles. The van der Waals surface area contributed by atoms with E-state index in [2.05, 4.69) is 10.3 Å². The summed E-state index contributed by atoms with van der Waals surface area (Å²) in [5, 5.41) is 3.60. The number of methoxy groups -OCH3 is 1. The minimum Gasteiger partial charge on any atom is -0.490 e. The van der Waals surface area contributed by atoms with Crippen molar-refractivity contribution in [2.75, 3.05) is 27.4 Å². The number of para-hydroxylation sites is 1. The lowest BCUT2D eigenvalue weighted by molar-refractivity contribution is -0.133. The number of halogens is 1. The summed E-state index contributed by atoms with van der Waals surface area (Å²) in [6.07, 6.45) is 1.61. The highest BCUT2D eigenvalue weighted by Gasteiger charge is 2.17. The number of pyridine rings is 1. The highest BCUT2D eigenvalue weighted by molar-refractivity contribution is 6.31. The number of fused-ring (bicyclic) bond motifs is 1. The molecule has 4 aromatic rings. The molecule has 0 unspecified atom stereocenters. The van der Waals surface area contributed by atoms with Crippen molar-refractivity contribution in [3.8, 4) is 23.0 Å². The number of nitrogens with one attached hydrogen (secondary N) is 1.